The van der Waals surface area contributed by atoms with Gasteiger partial charge in [0.2, 0.25) is 5.88 Å². The molecule has 6 nitrogen and oxygen atoms in total. The molecule has 0 spiro atoms. The lowest BCUT2D eigenvalue weighted by atomic mass is 9.65. The van der Waals surface area contributed by atoms with Gasteiger partial charge in [-0.15, -0.1) is 0 Å². The number of fused-ring (bicyclic) bond motifs is 1. The maximum Gasteiger partial charge on any atom is 0.410 e. The van der Waals surface area contributed by atoms with E-state index >= 15 is 0 Å². The molecule has 1 N–H and O–H groups in total. The fourth-order valence-electron chi connectivity index (χ4n) is 5.95. The van der Waals surface area contributed by atoms with Gasteiger partial charge in [-0.25, -0.2) is 9.78 Å². The lowest BCUT2D eigenvalue weighted by molar-refractivity contribution is -0.0845. The van der Waals surface area contributed by atoms with Crippen LogP contribution in [-0.4, -0.2) is 52.5 Å². The van der Waals surface area contributed by atoms with E-state index in [0.29, 0.717) is 36.8 Å². The number of ether oxygens (including phenoxy) is 2. The highest BCUT2D eigenvalue weighted by molar-refractivity contribution is 9.10. The van der Waals surface area contributed by atoms with Crippen molar-refractivity contribution in [1.82, 2.24) is 9.88 Å². The number of aromatic nitrogens is 1. The maximum atomic E-state index is 13.2. The van der Waals surface area contributed by atoms with Gasteiger partial charge in [0.05, 0.1) is 18.2 Å². The standard InChI is InChI=1S/C34H36BrClN2O4/c1-33(2,3)42-32(39)38-17-16-34(40,25(21-38)18-22-8-6-5-7-9-22)30(23-10-13-27(36)14-11-23)28-20-24-19-26(35)12-15-29(24)37-31(28)41-4/h5-15,19-20,25,30,40H,16-18,21H2,1-4H3. The van der Waals surface area contributed by atoms with E-state index in [-0.39, 0.29) is 12.0 Å². The Hall–Kier alpha value is -3.13. The summed E-state index contributed by atoms with van der Waals surface area (Å²) < 4.78 is 12.5. The van der Waals surface area contributed by atoms with Gasteiger partial charge in [0.1, 0.15) is 5.60 Å². The number of nitrogens with zero attached hydrogens (tertiary/aromatic N) is 2. The van der Waals surface area contributed by atoms with Crippen LogP contribution in [0.15, 0.2) is 83.3 Å². The van der Waals surface area contributed by atoms with E-state index in [0.717, 1.165) is 32.1 Å². The topological polar surface area (TPSA) is 71.9 Å². The number of piperidine rings is 1. The molecular formula is C34H36BrClN2O4. The second-order valence-corrected chi connectivity index (χ2v) is 13.3. The van der Waals surface area contributed by atoms with Crippen LogP contribution in [0.3, 0.4) is 0 Å². The lowest BCUT2D eigenvalue weighted by Gasteiger charge is -2.49. The van der Waals surface area contributed by atoms with Crippen molar-refractivity contribution in [1.29, 1.82) is 0 Å². The SMILES string of the molecule is COc1nc2ccc(Br)cc2cc1C(c1ccc(Cl)cc1)C1(O)CCN(C(=O)OC(C)(C)C)CC1Cc1ccccc1. The number of carbonyl (C=O) groups excluding carboxylic acids is 1. The highest BCUT2D eigenvalue weighted by atomic mass is 79.9. The summed E-state index contributed by atoms with van der Waals surface area (Å²) in [4.78, 5) is 19.8. The number of hydrogen-bond donors (Lipinski definition) is 1. The van der Waals surface area contributed by atoms with Crippen molar-refractivity contribution < 1.29 is 19.4 Å². The summed E-state index contributed by atoms with van der Waals surface area (Å²) in [6.07, 6.45) is 0.521. The van der Waals surface area contributed by atoms with Crippen LogP contribution in [0.4, 0.5) is 4.79 Å². The van der Waals surface area contributed by atoms with E-state index in [4.69, 9.17) is 26.1 Å². The molecule has 0 radical (unpaired) electrons. The van der Waals surface area contributed by atoms with Crippen molar-refractivity contribution in [3.8, 4) is 5.88 Å². The Bertz CT molecular complexity index is 1560. The van der Waals surface area contributed by atoms with E-state index in [2.05, 4.69) is 34.1 Å². The van der Waals surface area contributed by atoms with E-state index in [9.17, 15) is 9.90 Å². The Labute approximate surface area is 260 Å². The summed E-state index contributed by atoms with van der Waals surface area (Å²) in [5.41, 5.74) is 1.65. The minimum absolute atomic E-state index is 0.329. The normalized spacial score (nSPS) is 19.9. The van der Waals surface area contributed by atoms with E-state index in [1.807, 2.05) is 81.4 Å². The third-order valence-corrected chi connectivity index (χ3v) is 8.63. The van der Waals surface area contributed by atoms with Crippen LogP contribution in [0.25, 0.3) is 10.9 Å². The van der Waals surface area contributed by atoms with Gasteiger partial charge in [-0.1, -0.05) is 70.0 Å². The Morgan fingerprint density at radius 1 is 1.12 bits per heavy atom. The van der Waals surface area contributed by atoms with Crippen molar-refractivity contribution >= 4 is 44.5 Å². The fraction of sp³-hybridized carbons (Fsp3) is 0.353. The maximum absolute atomic E-state index is 13.2. The molecule has 1 aliphatic heterocycles. The number of hydrogen-bond acceptors (Lipinski definition) is 5. The summed E-state index contributed by atoms with van der Waals surface area (Å²) >= 11 is 9.90. The first kappa shape index (κ1) is 30.3. The molecule has 1 fully saturated rings. The monoisotopic (exact) mass is 650 g/mol. The van der Waals surface area contributed by atoms with Crippen molar-refractivity contribution in [3.63, 3.8) is 0 Å². The van der Waals surface area contributed by atoms with Crippen molar-refractivity contribution in [3.05, 3.63) is 105 Å². The lowest BCUT2D eigenvalue weighted by Crippen LogP contribution is -2.57. The summed E-state index contributed by atoms with van der Waals surface area (Å²) in [6, 6.07) is 25.6. The molecule has 3 aromatic carbocycles. The van der Waals surface area contributed by atoms with Crippen LogP contribution >= 0.6 is 27.5 Å². The highest BCUT2D eigenvalue weighted by Crippen LogP contribution is 2.48. The van der Waals surface area contributed by atoms with Crippen LogP contribution in [0, 0.1) is 5.92 Å². The second kappa shape index (κ2) is 12.2. The first-order chi connectivity index (χ1) is 20.0. The van der Waals surface area contributed by atoms with E-state index in [1.54, 1.807) is 12.0 Å². The predicted molar refractivity (Wildman–Crippen MR) is 170 cm³/mol. The molecule has 3 unspecified atom stereocenters. The van der Waals surface area contributed by atoms with Crippen molar-refractivity contribution in [2.24, 2.45) is 5.92 Å². The van der Waals surface area contributed by atoms with Gasteiger partial charge in [-0.3, -0.25) is 0 Å². The molecular weight excluding hydrogens is 616 g/mol. The van der Waals surface area contributed by atoms with Crippen molar-refractivity contribution in [2.45, 2.75) is 50.7 Å². The predicted octanol–water partition coefficient (Wildman–Crippen LogP) is 8.02. The first-order valence-corrected chi connectivity index (χ1v) is 15.3. The Kier molecular flexibility index (Phi) is 8.83. The smallest absolute Gasteiger partial charge is 0.410 e. The number of aliphatic hydroxyl groups is 1. The fourth-order valence-corrected chi connectivity index (χ4v) is 6.46. The zero-order valence-corrected chi connectivity index (χ0v) is 26.7. The van der Waals surface area contributed by atoms with Crippen LogP contribution in [0.1, 0.15) is 49.8 Å². The molecule has 42 heavy (non-hydrogen) atoms. The molecule has 0 saturated carbocycles. The van der Waals surface area contributed by atoms with Gasteiger partial charge in [-0.05, 0) is 81.1 Å². The van der Waals surface area contributed by atoms with Gasteiger partial charge in [0, 0.05) is 45.4 Å². The molecule has 1 aliphatic rings. The minimum Gasteiger partial charge on any atom is -0.481 e. The quantitative estimate of drug-likeness (QED) is 0.229. The third kappa shape index (κ3) is 6.59. The number of methoxy groups -OCH3 is 1. The minimum atomic E-state index is -1.27. The zero-order valence-electron chi connectivity index (χ0n) is 24.3. The third-order valence-electron chi connectivity index (χ3n) is 7.88. The van der Waals surface area contributed by atoms with Crippen LogP contribution < -0.4 is 4.74 Å². The molecule has 0 bridgehead atoms. The number of carbonyl (C=O) groups is 1. The second-order valence-electron chi connectivity index (χ2n) is 12.0. The number of rotatable bonds is 6. The average Bonchev–Trinajstić information content (AvgIpc) is 2.94. The van der Waals surface area contributed by atoms with E-state index < -0.39 is 17.1 Å². The summed E-state index contributed by atoms with van der Waals surface area (Å²) in [7, 11) is 1.60. The van der Waals surface area contributed by atoms with Crippen LogP contribution in [0.2, 0.25) is 5.02 Å². The zero-order chi connectivity index (χ0) is 30.1. The molecule has 4 aromatic rings. The number of halogens is 2. The molecule has 0 aliphatic carbocycles. The molecule has 3 atom stereocenters. The van der Waals surface area contributed by atoms with Gasteiger partial charge in [0.25, 0.3) is 0 Å². The number of amides is 1. The molecule has 8 heteroatoms. The summed E-state index contributed by atoms with van der Waals surface area (Å²) in [5.74, 6) is -0.397. The Morgan fingerprint density at radius 3 is 2.50 bits per heavy atom. The molecule has 1 amide bonds. The van der Waals surface area contributed by atoms with Gasteiger partial charge in [0.15, 0.2) is 0 Å². The van der Waals surface area contributed by atoms with Crippen LogP contribution in [-0.2, 0) is 11.2 Å². The number of pyridine rings is 1. The molecule has 220 valence electrons. The van der Waals surface area contributed by atoms with Gasteiger partial charge in [-0.2, -0.15) is 0 Å². The first-order valence-electron chi connectivity index (χ1n) is 14.1. The van der Waals surface area contributed by atoms with Gasteiger partial charge < -0.3 is 19.5 Å². The molecule has 1 aromatic heterocycles. The average molecular weight is 652 g/mol. The van der Waals surface area contributed by atoms with Crippen molar-refractivity contribution in [2.75, 3.05) is 20.2 Å². The van der Waals surface area contributed by atoms with E-state index in [1.165, 1.54) is 0 Å². The number of benzene rings is 3. The molecule has 5 rings (SSSR count). The van der Waals surface area contributed by atoms with Gasteiger partial charge >= 0.3 is 6.09 Å². The Morgan fingerprint density at radius 2 is 1.83 bits per heavy atom. The highest BCUT2D eigenvalue weighted by Gasteiger charge is 2.50. The van der Waals surface area contributed by atoms with Crippen LogP contribution in [0.5, 0.6) is 5.88 Å². The molecule has 2 heterocycles. The summed E-state index contributed by atoms with van der Waals surface area (Å²) in [6.45, 7) is 6.26. The Balaban J connectivity index is 1.66. The molecule has 1 saturated heterocycles. The number of likely N-dealkylation sites (tertiary alicyclic amines) is 1. The summed E-state index contributed by atoms with van der Waals surface area (Å²) in [5, 5.41) is 14.5. The largest absolute Gasteiger partial charge is 0.481 e.